The average molecular weight is 382 g/mol. The maximum absolute atomic E-state index is 12.1. The minimum Gasteiger partial charge on any atom is -0.493 e. The van der Waals surface area contributed by atoms with Gasteiger partial charge in [0.05, 0.1) is 14.2 Å². The molecule has 0 saturated carbocycles. The molecule has 0 radical (unpaired) electrons. The molecule has 2 heterocycles. The molecular weight excluding hydrogens is 360 g/mol. The highest BCUT2D eigenvalue weighted by atomic mass is 16.5. The van der Waals surface area contributed by atoms with Crippen molar-refractivity contribution < 1.29 is 18.7 Å². The Morgan fingerprint density at radius 1 is 1.04 bits per heavy atom. The van der Waals surface area contributed by atoms with Crippen LogP contribution in [0.5, 0.6) is 11.5 Å². The second-order valence-corrected chi connectivity index (χ2v) is 6.03. The number of amides is 1. The fourth-order valence-electron chi connectivity index (χ4n) is 2.66. The number of pyridine rings is 1. The molecule has 1 aromatic carbocycles. The molecule has 0 bridgehead atoms. The van der Waals surface area contributed by atoms with Crippen molar-refractivity contribution in [1.82, 2.24) is 20.5 Å². The van der Waals surface area contributed by atoms with E-state index in [2.05, 4.69) is 20.5 Å². The minimum atomic E-state index is -0.0656. The van der Waals surface area contributed by atoms with Crippen molar-refractivity contribution in [2.45, 2.75) is 19.3 Å². The van der Waals surface area contributed by atoms with Crippen LogP contribution in [0.4, 0.5) is 0 Å². The lowest BCUT2D eigenvalue weighted by Crippen LogP contribution is -2.25. The van der Waals surface area contributed by atoms with Gasteiger partial charge in [-0.05, 0) is 36.2 Å². The van der Waals surface area contributed by atoms with Gasteiger partial charge in [0.1, 0.15) is 0 Å². The van der Waals surface area contributed by atoms with Gasteiger partial charge < -0.3 is 19.2 Å². The first-order chi connectivity index (χ1) is 13.7. The molecule has 0 saturated heterocycles. The van der Waals surface area contributed by atoms with Gasteiger partial charge in [0.15, 0.2) is 11.5 Å². The molecule has 0 aliphatic rings. The van der Waals surface area contributed by atoms with Crippen molar-refractivity contribution in [3.63, 3.8) is 0 Å². The average Bonchev–Trinajstić information content (AvgIpc) is 3.22. The largest absolute Gasteiger partial charge is 0.493 e. The molecule has 1 N–H and O–H groups in total. The van der Waals surface area contributed by atoms with Crippen LogP contribution < -0.4 is 14.8 Å². The second-order valence-electron chi connectivity index (χ2n) is 6.03. The molecule has 8 nitrogen and oxygen atoms in total. The Morgan fingerprint density at radius 2 is 1.82 bits per heavy atom. The summed E-state index contributed by atoms with van der Waals surface area (Å²) in [5.74, 6) is 2.14. The Labute approximate surface area is 162 Å². The van der Waals surface area contributed by atoms with E-state index < -0.39 is 0 Å². The third kappa shape index (κ3) is 5.06. The van der Waals surface area contributed by atoms with Crippen molar-refractivity contribution in [2.24, 2.45) is 0 Å². The molecule has 2 aromatic heterocycles. The summed E-state index contributed by atoms with van der Waals surface area (Å²) in [6.07, 6.45) is 4.68. The number of carbonyl (C=O) groups excluding carboxylic acids is 1. The van der Waals surface area contributed by atoms with Gasteiger partial charge in [-0.15, -0.1) is 10.2 Å². The maximum Gasteiger partial charge on any atom is 0.247 e. The highest BCUT2D eigenvalue weighted by Gasteiger charge is 2.10. The second kappa shape index (κ2) is 9.50. The van der Waals surface area contributed by atoms with Gasteiger partial charge in [0, 0.05) is 37.3 Å². The monoisotopic (exact) mass is 382 g/mol. The molecule has 1 amide bonds. The highest BCUT2D eigenvalue weighted by Crippen LogP contribution is 2.27. The Morgan fingerprint density at radius 3 is 2.57 bits per heavy atom. The summed E-state index contributed by atoms with van der Waals surface area (Å²) in [6, 6.07) is 9.29. The lowest BCUT2D eigenvalue weighted by atomic mass is 10.1. The molecule has 3 aromatic rings. The zero-order valence-corrected chi connectivity index (χ0v) is 15.8. The quantitative estimate of drug-likeness (QED) is 0.607. The number of ether oxygens (including phenoxy) is 2. The fourth-order valence-corrected chi connectivity index (χ4v) is 2.66. The molecule has 0 spiro atoms. The summed E-state index contributed by atoms with van der Waals surface area (Å²) < 4.78 is 16.1. The molecule has 3 rings (SSSR count). The number of nitrogens with zero attached hydrogens (tertiary/aromatic N) is 3. The van der Waals surface area contributed by atoms with Gasteiger partial charge >= 0.3 is 0 Å². The van der Waals surface area contributed by atoms with Crippen molar-refractivity contribution in [3.05, 3.63) is 54.2 Å². The zero-order chi connectivity index (χ0) is 19.8. The van der Waals surface area contributed by atoms with Crippen molar-refractivity contribution in [1.29, 1.82) is 0 Å². The van der Waals surface area contributed by atoms with Gasteiger partial charge in [-0.25, -0.2) is 0 Å². The van der Waals surface area contributed by atoms with Gasteiger partial charge in [-0.3, -0.25) is 9.78 Å². The summed E-state index contributed by atoms with van der Waals surface area (Å²) >= 11 is 0. The zero-order valence-electron chi connectivity index (χ0n) is 15.8. The predicted octanol–water partition coefficient (Wildman–Crippen LogP) is 2.44. The normalized spacial score (nSPS) is 10.5. The van der Waals surface area contributed by atoms with Crippen LogP contribution in [-0.2, 0) is 17.6 Å². The SMILES string of the molecule is COc1ccc(CCNC(=O)CCc2nnc(-c3ccncc3)o2)cc1OC. The lowest BCUT2D eigenvalue weighted by Gasteiger charge is -2.10. The van der Waals surface area contributed by atoms with Gasteiger partial charge in [0.25, 0.3) is 0 Å². The molecular formula is C20H22N4O4. The van der Waals surface area contributed by atoms with Crippen LogP contribution in [0, 0.1) is 0 Å². The lowest BCUT2D eigenvalue weighted by molar-refractivity contribution is -0.121. The Hall–Kier alpha value is -3.42. The van der Waals surface area contributed by atoms with Crippen LogP contribution in [0.15, 0.2) is 47.1 Å². The summed E-state index contributed by atoms with van der Waals surface area (Å²) in [5.41, 5.74) is 1.85. The van der Waals surface area contributed by atoms with Crippen LogP contribution >= 0.6 is 0 Å². The van der Waals surface area contributed by atoms with Crippen LogP contribution in [0.25, 0.3) is 11.5 Å². The fraction of sp³-hybridized carbons (Fsp3) is 0.300. The molecule has 0 fully saturated rings. The number of aromatic nitrogens is 3. The van der Waals surface area contributed by atoms with Crippen molar-refractivity contribution in [2.75, 3.05) is 20.8 Å². The molecule has 0 atom stereocenters. The Balaban J connectivity index is 1.43. The van der Waals surface area contributed by atoms with E-state index in [4.69, 9.17) is 13.9 Å². The van der Waals surface area contributed by atoms with Crippen molar-refractivity contribution in [3.8, 4) is 23.0 Å². The van der Waals surface area contributed by atoms with E-state index >= 15 is 0 Å². The van der Waals surface area contributed by atoms with E-state index in [1.54, 1.807) is 38.7 Å². The van der Waals surface area contributed by atoms with E-state index in [1.165, 1.54) is 0 Å². The van der Waals surface area contributed by atoms with Gasteiger partial charge in [-0.1, -0.05) is 6.07 Å². The number of aryl methyl sites for hydroxylation is 1. The van der Waals surface area contributed by atoms with E-state index in [0.717, 1.165) is 11.1 Å². The first kappa shape index (κ1) is 19.3. The summed E-state index contributed by atoms with van der Waals surface area (Å²) in [4.78, 5) is 16.0. The minimum absolute atomic E-state index is 0.0656. The number of hydrogen-bond acceptors (Lipinski definition) is 7. The van der Waals surface area contributed by atoms with Gasteiger partial charge in [0.2, 0.25) is 17.7 Å². The highest BCUT2D eigenvalue weighted by molar-refractivity contribution is 5.76. The summed E-state index contributed by atoms with van der Waals surface area (Å²) in [7, 11) is 3.20. The van der Waals surface area contributed by atoms with Crippen molar-refractivity contribution >= 4 is 5.91 Å². The molecule has 0 unspecified atom stereocenters. The number of hydrogen-bond donors (Lipinski definition) is 1. The summed E-state index contributed by atoms with van der Waals surface area (Å²) in [5, 5.41) is 10.9. The molecule has 0 aliphatic heterocycles. The smallest absolute Gasteiger partial charge is 0.247 e. The van der Waals surface area contributed by atoms with Crippen LogP contribution in [-0.4, -0.2) is 41.9 Å². The molecule has 8 heteroatoms. The van der Waals surface area contributed by atoms with Crippen LogP contribution in [0.3, 0.4) is 0 Å². The van der Waals surface area contributed by atoms with E-state index in [0.29, 0.717) is 42.7 Å². The predicted molar refractivity (Wildman–Crippen MR) is 102 cm³/mol. The third-order valence-corrected chi connectivity index (χ3v) is 4.14. The molecule has 146 valence electrons. The third-order valence-electron chi connectivity index (χ3n) is 4.14. The standard InChI is InChI=1S/C20H22N4O4/c1-26-16-4-3-14(13-17(16)27-2)7-12-22-18(25)5-6-19-23-24-20(28-19)15-8-10-21-11-9-15/h3-4,8-11,13H,5-7,12H2,1-2H3,(H,22,25). The Kier molecular flexibility index (Phi) is 6.56. The van der Waals surface area contributed by atoms with Crippen LogP contribution in [0.2, 0.25) is 0 Å². The Bertz CT molecular complexity index is 912. The number of nitrogens with one attached hydrogen (secondary N) is 1. The molecule has 0 aliphatic carbocycles. The first-order valence-corrected chi connectivity index (χ1v) is 8.90. The van der Waals surface area contributed by atoms with E-state index in [9.17, 15) is 4.79 Å². The van der Waals surface area contributed by atoms with E-state index in [-0.39, 0.29) is 12.3 Å². The number of carbonyl (C=O) groups is 1. The number of benzene rings is 1. The van der Waals surface area contributed by atoms with E-state index in [1.807, 2.05) is 18.2 Å². The maximum atomic E-state index is 12.1. The topological polar surface area (TPSA) is 99.4 Å². The molecule has 28 heavy (non-hydrogen) atoms. The van der Waals surface area contributed by atoms with Gasteiger partial charge in [-0.2, -0.15) is 0 Å². The van der Waals surface area contributed by atoms with Crippen LogP contribution in [0.1, 0.15) is 17.9 Å². The first-order valence-electron chi connectivity index (χ1n) is 8.90. The number of rotatable bonds is 9. The number of methoxy groups -OCH3 is 2. The summed E-state index contributed by atoms with van der Waals surface area (Å²) in [6.45, 7) is 0.528.